The molecule has 3 aromatic rings. The second-order valence-electron chi connectivity index (χ2n) is 6.45. The van der Waals surface area contributed by atoms with Crippen molar-refractivity contribution in [3.8, 4) is 0 Å². The van der Waals surface area contributed by atoms with Gasteiger partial charge in [0.15, 0.2) is 5.82 Å². The highest BCUT2D eigenvalue weighted by atomic mass is 32.2. The molecule has 9 nitrogen and oxygen atoms in total. The Balaban J connectivity index is 1.49. The van der Waals surface area contributed by atoms with E-state index in [1.807, 2.05) is 13.0 Å². The lowest BCUT2D eigenvalue weighted by Gasteiger charge is -2.10. The highest BCUT2D eigenvalue weighted by Gasteiger charge is 2.17. The summed E-state index contributed by atoms with van der Waals surface area (Å²) < 4.78 is 11.5. The number of pyridine rings is 1. The zero-order chi connectivity index (χ0) is 21.0. The topological polar surface area (TPSA) is 116 Å². The van der Waals surface area contributed by atoms with Crippen LogP contribution in [-0.4, -0.2) is 37.4 Å². The molecular weight excluding hydrogens is 396 g/mol. The van der Waals surface area contributed by atoms with Gasteiger partial charge in [-0.25, -0.2) is 4.98 Å². The van der Waals surface area contributed by atoms with Gasteiger partial charge >= 0.3 is 5.97 Å². The van der Waals surface area contributed by atoms with Gasteiger partial charge in [-0.3, -0.25) is 18.8 Å². The van der Waals surface area contributed by atoms with Gasteiger partial charge in [-0.05, 0) is 32.4 Å². The maximum Gasteiger partial charge on any atom is 0.316 e. The van der Waals surface area contributed by atoms with E-state index in [4.69, 9.17) is 9.26 Å². The molecule has 0 saturated heterocycles. The normalized spacial score (nSPS) is 12.0. The van der Waals surface area contributed by atoms with E-state index in [0.717, 1.165) is 17.3 Å². The number of fused-ring (bicyclic) bond motifs is 1. The summed E-state index contributed by atoms with van der Waals surface area (Å²) in [4.78, 5) is 40.6. The van der Waals surface area contributed by atoms with E-state index >= 15 is 0 Å². The largest absolute Gasteiger partial charge is 0.459 e. The molecule has 3 aromatic heterocycles. The van der Waals surface area contributed by atoms with Crippen LogP contribution in [0.15, 0.2) is 39.8 Å². The summed E-state index contributed by atoms with van der Waals surface area (Å²) in [5, 5.41) is 5.80. The Hall–Kier alpha value is -3.14. The maximum absolute atomic E-state index is 12.2. The minimum Gasteiger partial charge on any atom is -0.459 e. The molecule has 1 N–H and O–H groups in total. The van der Waals surface area contributed by atoms with Gasteiger partial charge in [0.1, 0.15) is 18.0 Å². The van der Waals surface area contributed by atoms with Crippen molar-refractivity contribution in [3.05, 3.63) is 57.8 Å². The number of hydrogen-bond acceptors (Lipinski definition) is 8. The van der Waals surface area contributed by atoms with Gasteiger partial charge in [0.05, 0.1) is 16.7 Å². The SMILES string of the molecule is Cc1ccc2nc(COC(=O)CS[C@@H](C)C(=O)Nc3cc(C)on3)cc(=O)n2c1. The summed E-state index contributed by atoms with van der Waals surface area (Å²) in [6.45, 7) is 5.16. The molecule has 0 aromatic carbocycles. The van der Waals surface area contributed by atoms with Gasteiger partial charge in [0.2, 0.25) is 5.91 Å². The van der Waals surface area contributed by atoms with E-state index < -0.39 is 11.2 Å². The number of thioether (sulfide) groups is 1. The van der Waals surface area contributed by atoms with Gasteiger partial charge in [-0.1, -0.05) is 11.2 Å². The third kappa shape index (κ3) is 5.44. The predicted molar refractivity (Wildman–Crippen MR) is 108 cm³/mol. The second-order valence-corrected chi connectivity index (χ2v) is 7.78. The summed E-state index contributed by atoms with van der Waals surface area (Å²) in [5.41, 5.74) is 1.54. The van der Waals surface area contributed by atoms with Crippen molar-refractivity contribution >= 4 is 35.1 Å². The molecule has 0 saturated carbocycles. The second kappa shape index (κ2) is 8.91. The van der Waals surface area contributed by atoms with Crippen molar-refractivity contribution in [3.63, 3.8) is 0 Å². The average molecular weight is 416 g/mol. The van der Waals surface area contributed by atoms with E-state index in [0.29, 0.717) is 22.9 Å². The van der Waals surface area contributed by atoms with Crippen molar-refractivity contribution in [2.24, 2.45) is 0 Å². The van der Waals surface area contributed by atoms with E-state index in [1.54, 1.807) is 32.2 Å². The minimum atomic E-state index is -0.502. The molecule has 0 aliphatic heterocycles. The summed E-state index contributed by atoms with van der Waals surface area (Å²) in [6, 6.07) is 6.52. The molecule has 0 radical (unpaired) electrons. The monoisotopic (exact) mass is 416 g/mol. The van der Waals surface area contributed by atoms with E-state index in [-0.39, 0.29) is 23.8 Å². The molecule has 1 amide bonds. The molecule has 1 atom stereocenters. The molecule has 0 fully saturated rings. The Morgan fingerprint density at radius 2 is 2.10 bits per heavy atom. The Kier molecular flexibility index (Phi) is 6.32. The first-order valence-electron chi connectivity index (χ1n) is 8.82. The predicted octanol–water partition coefficient (Wildman–Crippen LogP) is 2.10. The lowest BCUT2D eigenvalue weighted by atomic mass is 10.3. The number of nitrogens with zero attached hydrogens (tertiary/aromatic N) is 3. The molecule has 0 aliphatic rings. The molecule has 29 heavy (non-hydrogen) atoms. The smallest absolute Gasteiger partial charge is 0.316 e. The molecule has 0 aliphatic carbocycles. The summed E-state index contributed by atoms with van der Waals surface area (Å²) in [6.07, 6.45) is 1.70. The van der Waals surface area contributed by atoms with Crippen LogP contribution in [0.5, 0.6) is 0 Å². The molecule has 3 heterocycles. The van der Waals surface area contributed by atoms with Crippen LogP contribution in [0, 0.1) is 13.8 Å². The lowest BCUT2D eigenvalue weighted by Crippen LogP contribution is -2.24. The van der Waals surface area contributed by atoms with Crippen LogP contribution >= 0.6 is 11.8 Å². The average Bonchev–Trinajstić information content (AvgIpc) is 3.09. The molecular formula is C19H20N4O5S. The van der Waals surface area contributed by atoms with Crippen molar-refractivity contribution in [1.82, 2.24) is 14.5 Å². The quantitative estimate of drug-likeness (QED) is 0.582. The first-order valence-corrected chi connectivity index (χ1v) is 9.87. The van der Waals surface area contributed by atoms with Crippen molar-refractivity contribution in [2.75, 3.05) is 11.1 Å². The number of aryl methyl sites for hydroxylation is 2. The summed E-state index contributed by atoms with van der Waals surface area (Å²) in [5.74, 6) is 0.0964. The third-order valence-corrected chi connectivity index (χ3v) is 5.06. The number of carbonyl (C=O) groups excluding carboxylic acids is 2. The van der Waals surface area contributed by atoms with Crippen LogP contribution in [0.25, 0.3) is 5.65 Å². The Morgan fingerprint density at radius 3 is 2.83 bits per heavy atom. The number of amides is 1. The number of hydrogen-bond donors (Lipinski definition) is 1. The van der Waals surface area contributed by atoms with Gasteiger partial charge < -0.3 is 14.6 Å². The van der Waals surface area contributed by atoms with E-state index in [9.17, 15) is 14.4 Å². The van der Waals surface area contributed by atoms with Gasteiger partial charge in [-0.2, -0.15) is 0 Å². The van der Waals surface area contributed by atoms with Crippen LogP contribution in [0.1, 0.15) is 23.9 Å². The first-order chi connectivity index (χ1) is 13.8. The fraction of sp³-hybridized carbons (Fsp3) is 0.316. The lowest BCUT2D eigenvalue weighted by molar-refractivity contribution is -0.141. The van der Waals surface area contributed by atoms with Gasteiger partial charge in [-0.15, -0.1) is 11.8 Å². The van der Waals surface area contributed by atoms with Crippen LogP contribution in [0.2, 0.25) is 0 Å². The first kappa shape index (κ1) is 20.6. The number of ether oxygens (including phenoxy) is 1. The van der Waals surface area contributed by atoms with E-state index in [1.165, 1.54) is 10.5 Å². The molecule has 0 bridgehead atoms. The fourth-order valence-corrected chi connectivity index (χ4v) is 3.13. The zero-order valence-corrected chi connectivity index (χ0v) is 17.0. The van der Waals surface area contributed by atoms with Crippen molar-refractivity contribution in [2.45, 2.75) is 32.6 Å². The van der Waals surface area contributed by atoms with E-state index in [2.05, 4.69) is 15.5 Å². The Morgan fingerprint density at radius 1 is 1.31 bits per heavy atom. The van der Waals surface area contributed by atoms with Gasteiger partial charge in [0, 0.05) is 18.3 Å². The molecule has 3 rings (SSSR count). The highest BCUT2D eigenvalue weighted by molar-refractivity contribution is 8.01. The fourth-order valence-electron chi connectivity index (χ4n) is 2.45. The summed E-state index contributed by atoms with van der Waals surface area (Å²) >= 11 is 1.13. The number of nitrogens with one attached hydrogen (secondary N) is 1. The number of rotatable bonds is 7. The number of aromatic nitrogens is 3. The van der Waals surface area contributed by atoms with Crippen molar-refractivity contribution < 1.29 is 18.8 Å². The third-order valence-electron chi connectivity index (χ3n) is 3.94. The molecule has 0 unspecified atom stereocenters. The number of anilines is 1. The Labute approximate surface area is 170 Å². The maximum atomic E-state index is 12.2. The van der Waals surface area contributed by atoms with Crippen molar-refractivity contribution in [1.29, 1.82) is 0 Å². The van der Waals surface area contributed by atoms with Crippen LogP contribution in [-0.2, 0) is 20.9 Å². The Bertz CT molecular complexity index is 1110. The zero-order valence-electron chi connectivity index (χ0n) is 16.2. The highest BCUT2D eigenvalue weighted by Crippen LogP contribution is 2.15. The molecule has 0 spiro atoms. The van der Waals surface area contributed by atoms with Crippen LogP contribution in [0.4, 0.5) is 5.82 Å². The number of carbonyl (C=O) groups is 2. The minimum absolute atomic E-state index is 0.0157. The number of esters is 1. The standard InChI is InChI=1S/C19H20N4O5S/c1-11-4-5-16-20-14(7-17(24)23(16)8-11)9-27-18(25)10-29-13(3)19(26)21-15-6-12(2)28-22-15/h4-8,13H,9-10H2,1-3H3,(H,21,22,26)/t13-/m0/s1. The summed E-state index contributed by atoms with van der Waals surface area (Å²) in [7, 11) is 0. The van der Waals surface area contributed by atoms with Crippen LogP contribution in [0.3, 0.4) is 0 Å². The molecule has 10 heteroatoms. The van der Waals surface area contributed by atoms with Crippen LogP contribution < -0.4 is 10.9 Å². The molecule has 152 valence electrons. The van der Waals surface area contributed by atoms with Gasteiger partial charge in [0.25, 0.3) is 5.56 Å².